The zero-order chi connectivity index (χ0) is 41.2. The highest BCUT2D eigenvalue weighted by Crippen LogP contribution is 2.68. The van der Waals surface area contributed by atoms with E-state index in [9.17, 15) is 19.2 Å². The highest BCUT2D eigenvalue weighted by Gasteiger charge is 2.61. The zero-order valence-corrected chi connectivity index (χ0v) is 36.9. The second-order valence-corrected chi connectivity index (χ2v) is 21.1. The summed E-state index contributed by atoms with van der Waals surface area (Å²) in [6.45, 7) is 15.1. The van der Waals surface area contributed by atoms with Crippen LogP contribution in [0.2, 0.25) is 0 Å². The number of carbonyl (C=O) groups is 4. The Hall–Kier alpha value is -1.53. The first-order valence-electron chi connectivity index (χ1n) is 21.0. The maximum absolute atomic E-state index is 13.1. The van der Waals surface area contributed by atoms with E-state index < -0.39 is 65.0 Å². The summed E-state index contributed by atoms with van der Waals surface area (Å²) in [7, 11) is 0. The van der Waals surface area contributed by atoms with E-state index in [1.807, 2.05) is 0 Å². The Balaban J connectivity index is 1.32. The van der Waals surface area contributed by atoms with Gasteiger partial charge in [-0.05, 0) is 110 Å². The van der Waals surface area contributed by atoms with E-state index in [4.69, 9.17) is 63.2 Å². The molecule has 1 aliphatic heterocycles. The van der Waals surface area contributed by atoms with E-state index >= 15 is 0 Å². The van der Waals surface area contributed by atoms with Crippen molar-refractivity contribution < 1.29 is 47.6 Å². The Morgan fingerprint density at radius 1 is 0.804 bits per heavy atom. The Morgan fingerprint density at radius 2 is 1.46 bits per heavy atom. The predicted molar refractivity (Wildman–Crippen MR) is 213 cm³/mol. The first kappa shape index (κ1) is 45.6. The van der Waals surface area contributed by atoms with Gasteiger partial charge in [0.1, 0.15) is 25.4 Å². The zero-order valence-electron chi connectivity index (χ0n) is 34.6. The number of amides is 1. The number of hydrogen-bond donors (Lipinski definition) is 1. The van der Waals surface area contributed by atoms with E-state index in [0.717, 1.165) is 55.3 Å². The third-order valence-electron chi connectivity index (χ3n) is 14.5. The molecule has 0 aromatic heterocycles. The minimum absolute atomic E-state index is 0.190. The van der Waals surface area contributed by atoms with Gasteiger partial charge in [-0.2, -0.15) is 0 Å². The lowest BCUT2D eigenvalue weighted by Crippen LogP contribution is -2.67. The van der Waals surface area contributed by atoms with Crippen LogP contribution in [0.15, 0.2) is 0 Å². The Kier molecular flexibility index (Phi) is 15.3. The topological polar surface area (TPSA) is 136 Å². The first-order chi connectivity index (χ1) is 26.2. The fourth-order valence-corrected chi connectivity index (χ4v) is 12.2. The molecule has 0 spiro atoms. The van der Waals surface area contributed by atoms with Crippen LogP contribution >= 0.6 is 34.8 Å². The average molecular weight is 851 g/mol. The van der Waals surface area contributed by atoms with Crippen LogP contribution in [0.1, 0.15) is 132 Å². The molecule has 56 heavy (non-hydrogen) atoms. The highest BCUT2D eigenvalue weighted by atomic mass is 35.6. The normalized spacial score (nSPS) is 38.7. The summed E-state index contributed by atoms with van der Waals surface area (Å²) in [5.74, 6) is 3.02. The van der Waals surface area contributed by atoms with Gasteiger partial charge in [-0.25, -0.2) is 4.79 Å². The Labute approximate surface area is 348 Å². The molecular formula is C42H66Cl3NO10. The number of hydrogen-bond acceptors (Lipinski definition) is 10. The predicted octanol–water partition coefficient (Wildman–Crippen LogP) is 9.11. The molecule has 0 bridgehead atoms. The van der Waals surface area contributed by atoms with E-state index in [1.54, 1.807) is 0 Å². The molecule has 0 aromatic rings. The second kappa shape index (κ2) is 18.8. The van der Waals surface area contributed by atoms with Gasteiger partial charge >= 0.3 is 24.0 Å². The number of halogens is 3. The molecule has 0 aromatic carbocycles. The van der Waals surface area contributed by atoms with Crippen molar-refractivity contribution in [2.24, 2.45) is 52.3 Å². The Bertz CT molecular complexity index is 1390. The molecule has 4 aliphatic carbocycles. The number of rotatable bonds is 13. The summed E-state index contributed by atoms with van der Waals surface area (Å²) >= 11 is 17.5. The summed E-state index contributed by atoms with van der Waals surface area (Å²) in [6.07, 6.45) is 8.15. The molecule has 0 unspecified atom stereocenters. The van der Waals surface area contributed by atoms with Gasteiger partial charge in [0.2, 0.25) is 3.79 Å². The summed E-state index contributed by atoms with van der Waals surface area (Å²) in [4.78, 5) is 49.8. The monoisotopic (exact) mass is 849 g/mol. The largest absolute Gasteiger partial charge is 0.463 e. The van der Waals surface area contributed by atoms with Crippen LogP contribution in [-0.4, -0.2) is 77.8 Å². The summed E-state index contributed by atoms with van der Waals surface area (Å²) in [5, 5.41) is 2.67. The number of alkyl halides is 3. The van der Waals surface area contributed by atoms with Crippen molar-refractivity contribution >= 4 is 58.8 Å². The van der Waals surface area contributed by atoms with Crippen LogP contribution in [0.4, 0.5) is 4.79 Å². The third kappa shape index (κ3) is 10.8. The van der Waals surface area contributed by atoms with Gasteiger partial charge in [-0.3, -0.25) is 14.4 Å². The third-order valence-corrected chi connectivity index (χ3v) is 14.8. The summed E-state index contributed by atoms with van der Waals surface area (Å²) < 4.78 is 33.0. The molecule has 1 heterocycles. The molecule has 1 amide bonds. The van der Waals surface area contributed by atoms with Gasteiger partial charge < -0.3 is 33.7 Å². The van der Waals surface area contributed by atoms with Crippen molar-refractivity contribution in [1.82, 2.24) is 5.32 Å². The Morgan fingerprint density at radius 3 is 2.11 bits per heavy atom. The number of fused-ring (bicyclic) bond motifs is 5. The number of ether oxygens (including phenoxy) is 6. The number of nitrogens with one attached hydrogen (secondary N) is 1. The van der Waals surface area contributed by atoms with Crippen LogP contribution in [0, 0.1) is 52.3 Å². The van der Waals surface area contributed by atoms with E-state index in [1.165, 1.54) is 72.1 Å². The van der Waals surface area contributed by atoms with E-state index in [0.29, 0.717) is 17.3 Å². The summed E-state index contributed by atoms with van der Waals surface area (Å²) in [5.41, 5.74) is 0.614. The van der Waals surface area contributed by atoms with Crippen molar-refractivity contribution in [1.29, 1.82) is 0 Å². The lowest BCUT2D eigenvalue weighted by atomic mass is 9.44. The molecule has 5 rings (SSSR count). The van der Waals surface area contributed by atoms with E-state index in [2.05, 4.69) is 39.9 Å². The van der Waals surface area contributed by atoms with Crippen LogP contribution in [0.25, 0.3) is 0 Å². The van der Waals surface area contributed by atoms with Crippen LogP contribution < -0.4 is 5.32 Å². The molecule has 5 aliphatic rings. The second-order valence-electron chi connectivity index (χ2n) is 18.6. The molecule has 14 heteroatoms. The van der Waals surface area contributed by atoms with Crippen molar-refractivity contribution in [2.75, 3.05) is 13.2 Å². The standard InChI is InChI=1S/C42H66Cl3NO10/c1-23(2)10-9-11-24(3)31-14-15-32-30-13-12-28-20-29(16-18-40(28,7)33(30)17-19-41(31,32)8)55-38-35(46-39(50)52-22-42(43,44)45)37(54-27(6)49)36(53-26(5)48)34(56-38)21-51-25(4)47/h23-24,28-38H,9-22H2,1-8H3,(H,46,50)/t24-,28+,29+,30+,31-,32+,33+,34-,35-,36-,37-,38+,40+,41-/m1/s1. The smallest absolute Gasteiger partial charge is 0.407 e. The molecule has 11 nitrogen and oxygen atoms in total. The maximum Gasteiger partial charge on any atom is 0.407 e. The van der Waals surface area contributed by atoms with Crippen molar-refractivity contribution in [3.63, 3.8) is 0 Å². The highest BCUT2D eigenvalue weighted by molar-refractivity contribution is 6.67. The molecule has 14 atom stereocenters. The maximum atomic E-state index is 13.1. The van der Waals surface area contributed by atoms with Gasteiger partial charge in [-0.1, -0.05) is 88.7 Å². The molecule has 1 saturated heterocycles. The first-order valence-corrected chi connectivity index (χ1v) is 22.1. The SMILES string of the molecule is CC(=O)OC[C@H]1O[C@H](O[C@H]2CC[C@@]3(C)[C@@H](CC[C@@H]4[C@@H]3CC[C@]3(C)[C@@H]([C@H](C)CCCC(C)C)CC[C@@H]43)C2)[C@H](NC(=O)OCC(Cl)(Cl)Cl)[C@@H](OC(C)=O)[C@@H]1OC(C)=O. The van der Waals surface area contributed by atoms with Crippen LogP contribution in [0.5, 0.6) is 0 Å². The van der Waals surface area contributed by atoms with Gasteiger partial charge in [0.05, 0.1) is 6.10 Å². The fraction of sp³-hybridized carbons (Fsp3) is 0.905. The lowest BCUT2D eigenvalue weighted by molar-refractivity contribution is -0.293. The number of carbonyl (C=O) groups excluding carboxylic acids is 4. The number of esters is 3. The minimum Gasteiger partial charge on any atom is -0.463 e. The molecule has 1 N–H and O–H groups in total. The van der Waals surface area contributed by atoms with Crippen molar-refractivity contribution in [2.45, 2.75) is 173 Å². The fourth-order valence-electron chi connectivity index (χ4n) is 12.1. The average Bonchev–Trinajstić information content (AvgIpc) is 3.45. The minimum atomic E-state index is -1.88. The van der Waals surface area contributed by atoms with Crippen molar-refractivity contribution in [3.8, 4) is 0 Å². The van der Waals surface area contributed by atoms with Crippen molar-refractivity contribution in [3.05, 3.63) is 0 Å². The number of alkyl carbamates (subject to hydrolysis) is 1. The molecular weight excluding hydrogens is 785 g/mol. The van der Waals surface area contributed by atoms with E-state index in [-0.39, 0.29) is 18.1 Å². The van der Waals surface area contributed by atoms with Gasteiger partial charge in [0.15, 0.2) is 18.5 Å². The van der Waals surface area contributed by atoms with Crippen LogP contribution in [0.3, 0.4) is 0 Å². The van der Waals surface area contributed by atoms with Crippen LogP contribution in [-0.2, 0) is 42.8 Å². The van der Waals surface area contributed by atoms with Gasteiger partial charge in [0, 0.05) is 20.8 Å². The lowest BCUT2D eigenvalue weighted by Gasteiger charge is -2.61. The molecule has 320 valence electrons. The molecule has 0 radical (unpaired) electrons. The molecule has 5 fully saturated rings. The quantitative estimate of drug-likeness (QED) is 0.0828. The van der Waals surface area contributed by atoms with Gasteiger partial charge in [0.25, 0.3) is 0 Å². The summed E-state index contributed by atoms with van der Waals surface area (Å²) in [6, 6.07) is -1.21. The van der Waals surface area contributed by atoms with Gasteiger partial charge in [-0.15, -0.1) is 0 Å². The molecule has 4 saturated carbocycles.